The maximum absolute atomic E-state index is 5.09. The van der Waals surface area contributed by atoms with Crippen LogP contribution < -0.4 is 0 Å². The van der Waals surface area contributed by atoms with Crippen molar-refractivity contribution in [1.29, 1.82) is 0 Å². The van der Waals surface area contributed by atoms with Gasteiger partial charge in [-0.1, -0.05) is 86.2 Å². The molecule has 3 heteroatoms. The van der Waals surface area contributed by atoms with Gasteiger partial charge in [-0.2, -0.15) is 0 Å². The van der Waals surface area contributed by atoms with Crippen molar-refractivity contribution in [2.24, 2.45) is 4.99 Å². The van der Waals surface area contributed by atoms with Gasteiger partial charge in [-0.25, -0.2) is 4.99 Å². The second kappa shape index (κ2) is 9.29. The molecule has 2 fully saturated rings. The van der Waals surface area contributed by atoms with Crippen LogP contribution in [0.3, 0.4) is 0 Å². The van der Waals surface area contributed by atoms with Crippen molar-refractivity contribution in [2.75, 3.05) is 19.6 Å². The summed E-state index contributed by atoms with van der Waals surface area (Å²) in [5, 5.41) is 0. The maximum atomic E-state index is 5.09. The van der Waals surface area contributed by atoms with Gasteiger partial charge < -0.3 is 9.80 Å². The summed E-state index contributed by atoms with van der Waals surface area (Å²) < 4.78 is 0. The summed E-state index contributed by atoms with van der Waals surface area (Å²) in [6, 6.07) is 19.9. The number of rotatable bonds is 6. The number of aryl methyl sites for hydroxylation is 1. The van der Waals surface area contributed by atoms with Crippen molar-refractivity contribution in [2.45, 2.75) is 57.8 Å². The summed E-state index contributed by atoms with van der Waals surface area (Å²) in [5.41, 5.74) is 8.77. The number of piperazine rings is 1. The molecule has 1 aliphatic carbocycles. The van der Waals surface area contributed by atoms with E-state index in [1.54, 1.807) is 0 Å². The molecular formula is C31H37N3. The third-order valence-electron chi connectivity index (χ3n) is 8.08. The van der Waals surface area contributed by atoms with Gasteiger partial charge in [0.25, 0.3) is 0 Å². The smallest absolute Gasteiger partial charge is 0.110 e. The predicted octanol–water partition coefficient (Wildman–Crippen LogP) is 6.77. The number of nitrogens with zero attached hydrogens (tertiary/aromatic N) is 3. The van der Waals surface area contributed by atoms with Crippen molar-refractivity contribution < 1.29 is 0 Å². The number of benzene rings is 2. The van der Waals surface area contributed by atoms with Gasteiger partial charge in [-0.3, -0.25) is 0 Å². The molecule has 0 unspecified atom stereocenters. The minimum Gasteiger partial charge on any atom is -0.368 e. The van der Waals surface area contributed by atoms with Crippen LogP contribution in [0, 0.1) is 6.92 Å². The van der Waals surface area contributed by atoms with E-state index in [9.17, 15) is 0 Å². The molecule has 5 rings (SSSR count). The Morgan fingerprint density at radius 3 is 2.44 bits per heavy atom. The topological polar surface area (TPSA) is 18.8 Å². The van der Waals surface area contributed by atoms with E-state index in [-0.39, 0.29) is 5.41 Å². The van der Waals surface area contributed by atoms with Gasteiger partial charge >= 0.3 is 0 Å². The summed E-state index contributed by atoms with van der Waals surface area (Å²) in [6.45, 7) is 16.2. The molecule has 3 nitrogen and oxygen atoms in total. The van der Waals surface area contributed by atoms with Crippen molar-refractivity contribution in [3.8, 4) is 0 Å². The molecule has 1 saturated carbocycles. The lowest BCUT2D eigenvalue weighted by Crippen LogP contribution is -2.49. The van der Waals surface area contributed by atoms with Gasteiger partial charge in [0.1, 0.15) is 5.84 Å². The highest BCUT2D eigenvalue weighted by Crippen LogP contribution is 2.46. The quantitative estimate of drug-likeness (QED) is 0.482. The fraction of sp³-hybridized carbons (Fsp3) is 0.387. The molecule has 2 aromatic rings. The number of aliphatic imine (C=N–C) groups is 1. The fourth-order valence-corrected chi connectivity index (χ4v) is 6.07. The van der Waals surface area contributed by atoms with Gasteiger partial charge in [0.05, 0.1) is 17.1 Å². The minimum atomic E-state index is 0.174. The molecule has 1 saturated heterocycles. The molecule has 0 N–H and O–H groups in total. The van der Waals surface area contributed by atoms with Crippen LogP contribution in [-0.4, -0.2) is 35.3 Å². The standard InChI is InChI=1S/C31H37N3/c1-23-11-10-14-28(21-23)31(16-8-9-17-31)22-29-32-25(3)24(2)30-26(4)33(19-20-34(29)30)18-15-27-12-6-5-7-13-27/h5-7,10-14,21H,3-4,8-9,15-20,22H2,1-2H3. The van der Waals surface area contributed by atoms with E-state index < -0.39 is 0 Å². The Hall–Kier alpha value is -3.07. The van der Waals surface area contributed by atoms with Crippen LogP contribution in [-0.2, 0) is 11.8 Å². The number of hydrogen-bond donors (Lipinski definition) is 0. The van der Waals surface area contributed by atoms with E-state index in [4.69, 9.17) is 4.99 Å². The first-order valence-electron chi connectivity index (χ1n) is 12.8. The molecular weight excluding hydrogens is 414 g/mol. The molecule has 0 spiro atoms. The van der Waals surface area contributed by atoms with Gasteiger partial charge in [0, 0.05) is 31.5 Å². The lowest BCUT2D eigenvalue weighted by atomic mass is 9.75. The lowest BCUT2D eigenvalue weighted by molar-refractivity contribution is 0.266. The van der Waals surface area contributed by atoms with E-state index in [1.807, 2.05) is 0 Å². The van der Waals surface area contributed by atoms with Gasteiger partial charge in [0.15, 0.2) is 0 Å². The van der Waals surface area contributed by atoms with Crippen LogP contribution in [0.4, 0.5) is 0 Å². The molecule has 0 atom stereocenters. The molecule has 0 aromatic heterocycles. The Morgan fingerprint density at radius 2 is 1.71 bits per heavy atom. The van der Waals surface area contributed by atoms with Crippen molar-refractivity contribution >= 4 is 5.84 Å². The van der Waals surface area contributed by atoms with Crippen LogP contribution in [0.5, 0.6) is 0 Å². The van der Waals surface area contributed by atoms with Crippen LogP contribution in [0.2, 0.25) is 0 Å². The first kappa shape index (κ1) is 22.7. The second-order valence-corrected chi connectivity index (χ2v) is 10.3. The number of fused-ring (bicyclic) bond motifs is 1. The van der Waals surface area contributed by atoms with Gasteiger partial charge in [-0.05, 0) is 49.8 Å². The lowest BCUT2D eigenvalue weighted by Gasteiger charge is -2.45. The van der Waals surface area contributed by atoms with E-state index in [2.05, 4.69) is 91.4 Å². The molecule has 3 aliphatic rings. The Labute approximate surface area is 205 Å². The zero-order valence-corrected chi connectivity index (χ0v) is 20.8. The average Bonchev–Trinajstić information content (AvgIpc) is 3.32. The van der Waals surface area contributed by atoms with Crippen molar-refractivity contribution in [3.05, 3.63) is 107 Å². The monoisotopic (exact) mass is 451 g/mol. The first-order chi connectivity index (χ1) is 16.5. The maximum Gasteiger partial charge on any atom is 0.110 e. The SMILES string of the molecule is C=C1N=C(CC2(c3cccc(C)c3)CCCC2)N2CCN(CCc3ccccc3)C(=C)C2=C1C. The summed E-state index contributed by atoms with van der Waals surface area (Å²) in [4.78, 5) is 10.00. The average molecular weight is 452 g/mol. The molecule has 2 aliphatic heterocycles. The first-order valence-corrected chi connectivity index (χ1v) is 12.8. The summed E-state index contributed by atoms with van der Waals surface area (Å²) in [5.74, 6) is 1.18. The van der Waals surface area contributed by atoms with Crippen LogP contribution in [0.1, 0.15) is 55.7 Å². The summed E-state index contributed by atoms with van der Waals surface area (Å²) in [7, 11) is 0. The third kappa shape index (κ3) is 4.24. The Bertz CT molecular complexity index is 1150. The molecule has 0 radical (unpaired) electrons. The van der Waals surface area contributed by atoms with Crippen molar-refractivity contribution in [1.82, 2.24) is 9.80 Å². The van der Waals surface area contributed by atoms with Gasteiger partial charge in [-0.15, -0.1) is 0 Å². The molecule has 2 aromatic carbocycles. The normalized spacial score (nSPS) is 20.0. The predicted molar refractivity (Wildman–Crippen MR) is 143 cm³/mol. The zero-order chi connectivity index (χ0) is 23.7. The van der Waals surface area contributed by atoms with E-state index in [0.29, 0.717) is 0 Å². The highest BCUT2D eigenvalue weighted by molar-refractivity contribution is 5.89. The molecule has 0 amide bonds. The Morgan fingerprint density at radius 1 is 0.941 bits per heavy atom. The van der Waals surface area contributed by atoms with Crippen LogP contribution in [0.15, 0.2) is 95.4 Å². The number of allylic oxidation sites excluding steroid dienone is 1. The van der Waals surface area contributed by atoms with E-state index in [1.165, 1.54) is 53.9 Å². The largest absolute Gasteiger partial charge is 0.368 e. The van der Waals surface area contributed by atoms with Crippen LogP contribution >= 0.6 is 0 Å². The Balaban J connectivity index is 1.38. The van der Waals surface area contributed by atoms with Gasteiger partial charge in [0.2, 0.25) is 0 Å². The van der Waals surface area contributed by atoms with Crippen molar-refractivity contribution in [3.63, 3.8) is 0 Å². The van der Waals surface area contributed by atoms with E-state index in [0.717, 1.165) is 49.4 Å². The third-order valence-corrected chi connectivity index (χ3v) is 8.08. The highest BCUT2D eigenvalue weighted by Gasteiger charge is 2.41. The number of hydrogen-bond acceptors (Lipinski definition) is 3. The molecule has 176 valence electrons. The molecule has 34 heavy (non-hydrogen) atoms. The molecule has 2 heterocycles. The van der Waals surface area contributed by atoms with Crippen LogP contribution in [0.25, 0.3) is 0 Å². The summed E-state index contributed by atoms with van der Waals surface area (Å²) >= 11 is 0. The minimum absolute atomic E-state index is 0.174. The highest BCUT2D eigenvalue weighted by atomic mass is 15.3. The summed E-state index contributed by atoms with van der Waals surface area (Å²) in [6.07, 6.45) is 7.07. The van der Waals surface area contributed by atoms with E-state index >= 15 is 0 Å². The zero-order valence-electron chi connectivity index (χ0n) is 20.8. The number of amidine groups is 1. The molecule has 0 bridgehead atoms. The Kier molecular flexibility index (Phi) is 6.20. The second-order valence-electron chi connectivity index (χ2n) is 10.3. The fourth-order valence-electron chi connectivity index (χ4n) is 6.07.